The zero-order valence-corrected chi connectivity index (χ0v) is 17.6. The molecule has 6 nitrogen and oxygen atoms in total. The molecule has 2 N–H and O–H groups in total. The molecule has 3 heterocycles. The Kier molecular flexibility index (Phi) is 4.18. The van der Waals surface area contributed by atoms with Crippen molar-refractivity contribution in [2.75, 3.05) is 5.32 Å². The zero-order valence-electron chi connectivity index (χ0n) is 16.8. The molecule has 1 aromatic carbocycles. The molecule has 4 atom stereocenters. The van der Waals surface area contributed by atoms with E-state index in [0.717, 1.165) is 0 Å². The van der Waals surface area contributed by atoms with Gasteiger partial charge in [-0.3, -0.25) is 24.6 Å². The molecule has 0 aromatic heterocycles. The number of nitrogens with one attached hydrogen (secondary N) is 2. The molecular weight excluding hydrogens is 378 g/mol. The van der Waals surface area contributed by atoms with Gasteiger partial charge < -0.3 is 5.32 Å². The van der Waals surface area contributed by atoms with E-state index in [1.54, 1.807) is 12.1 Å². The van der Waals surface area contributed by atoms with Gasteiger partial charge in [-0.2, -0.15) is 0 Å². The Morgan fingerprint density at radius 2 is 1.86 bits per heavy atom. The van der Waals surface area contributed by atoms with Crippen molar-refractivity contribution in [1.82, 2.24) is 10.2 Å². The van der Waals surface area contributed by atoms with Crippen LogP contribution in [-0.4, -0.2) is 34.2 Å². The summed E-state index contributed by atoms with van der Waals surface area (Å²) in [4.78, 5) is 41.5. The number of fused-ring (bicyclic) bond motifs is 4. The molecule has 3 amide bonds. The first-order valence-corrected chi connectivity index (χ1v) is 10.1. The van der Waals surface area contributed by atoms with Crippen molar-refractivity contribution in [2.24, 2.45) is 17.8 Å². The molecule has 0 bridgehead atoms. The standard InChI is InChI=1S/C21H26ClN3O3/c1-10(2)9-13-14-15(18(27)25(17(14)26)20(3,4)5)21(24-13)11-7-6-8-12(22)16(11)23-19(21)28/h6-8,10,13-15,24H,9H2,1-5H3,(H,23,28)/t13-,14-,15+,21+/m1/s1. The predicted octanol–water partition coefficient (Wildman–Crippen LogP) is 2.91. The Morgan fingerprint density at radius 3 is 2.46 bits per heavy atom. The summed E-state index contributed by atoms with van der Waals surface area (Å²) in [5, 5.41) is 6.71. The van der Waals surface area contributed by atoms with Crippen LogP contribution in [0.2, 0.25) is 5.02 Å². The average Bonchev–Trinajstić information content (AvgIpc) is 3.13. The minimum Gasteiger partial charge on any atom is -0.323 e. The van der Waals surface area contributed by atoms with Crippen LogP contribution in [0, 0.1) is 17.8 Å². The number of para-hydroxylation sites is 1. The van der Waals surface area contributed by atoms with Gasteiger partial charge in [0, 0.05) is 17.1 Å². The van der Waals surface area contributed by atoms with Crippen molar-refractivity contribution in [2.45, 2.75) is 58.2 Å². The highest BCUT2D eigenvalue weighted by Crippen LogP contribution is 2.55. The van der Waals surface area contributed by atoms with E-state index in [9.17, 15) is 14.4 Å². The number of carbonyl (C=O) groups excluding carboxylic acids is 3. The topological polar surface area (TPSA) is 78.5 Å². The third-order valence-corrected chi connectivity index (χ3v) is 6.41. The van der Waals surface area contributed by atoms with E-state index in [-0.39, 0.29) is 23.8 Å². The molecule has 150 valence electrons. The number of nitrogens with zero attached hydrogens (tertiary/aromatic N) is 1. The number of anilines is 1. The monoisotopic (exact) mass is 403 g/mol. The number of likely N-dealkylation sites (tertiary alicyclic amines) is 1. The Balaban J connectivity index is 1.91. The maximum Gasteiger partial charge on any atom is 0.250 e. The molecule has 0 unspecified atom stereocenters. The van der Waals surface area contributed by atoms with Crippen molar-refractivity contribution in [3.8, 4) is 0 Å². The summed E-state index contributed by atoms with van der Waals surface area (Å²) in [7, 11) is 0. The molecule has 1 aromatic rings. The van der Waals surface area contributed by atoms with Gasteiger partial charge in [0.05, 0.1) is 22.5 Å². The summed E-state index contributed by atoms with van der Waals surface area (Å²) in [5.41, 5.74) is -0.728. The van der Waals surface area contributed by atoms with Gasteiger partial charge in [0.1, 0.15) is 5.54 Å². The first kappa shape index (κ1) is 19.4. The van der Waals surface area contributed by atoms with Crippen LogP contribution in [0.1, 0.15) is 46.6 Å². The van der Waals surface area contributed by atoms with Crippen LogP contribution in [0.25, 0.3) is 0 Å². The van der Waals surface area contributed by atoms with Crippen LogP contribution in [0.15, 0.2) is 18.2 Å². The second-order valence-electron chi connectivity index (χ2n) is 9.49. The number of hydrogen-bond donors (Lipinski definition) is 2. The number of carbonyl (C=O) groups is 3. The summed E-state index contributed by atoms with van der Waals surface area (Å²) in [6.07, 6.45) is 0.698. The molecule has 0 aliphatic carbocycles. The first-order valence-electron chi connectivity index (χ1n) is 9.76. The maximum atomic E-state index is 13.5. The molecule has 0 radical (unpaired) electrons. The summed E-state index contributed by atoms with van der Waals surface area (Å²) in [6, 6.07) is 5.04. The fraction of sp³-hybridized carbons (Fsp3) is 0.571. The molecule has 28 heavy (non-hydrogen) atoms. The molecule has 4 rings (SSSR count). The third kappa shape index (κ3) is 2.40. The van der Waals surface area contributed by atoms with Crippen molar-refractivity contribution in [1.29, 1.82) is 0 Å². The minimum atomic E-state index is -1.27. The summed E-state index contributed by atoms with van der Waals surface area (Å²) < 4.78 is 0. The number of benzene rings is 1. The largest absolute Gasteiger partial charge is 0.323 e. The van der Waals surface area contributed by atoms with E-state index in [1.807, 2.05) is 26.8 Å². The Hall–Kier alpha value is -1.92. The van der Waals surface area contributed by atoms with Crippen LogP contribution < -0.4 is 10.6 Å². The second kappa shape index (κ2) is 6.04. The quantitative estimate of drug-likeness (QED) is 0.744. The zero-order chi connectivity index (χ0) is 20.6. The Labute approximate surface area is 170 Å². The number of halogens is 1. The van der Waals surface area contributed by atoms with E-state index in [4.69, 9.17) is 11.6 Å². The van der Waals surface area contributed by atoms with Gasteiger partial charge in [0.25, 0.3) is 0 Å². The summed E-state index contributed by atoms with van der Waals surface area (Å²) in [5.74, 6) is -1.82. The van der Waals surface area contributed by atoms with E-state index in [0.29, 0.717) is 28.6 Å². The lowest BCUT2D eigenvalue weighted by atomic mass is 9.76. The number of amides is 3. The summed E-state index contributed by atoms with van der Waals surface area (Å²) in [6.45, 7) is 9.69. The molecule has 0 saturated carbocycles. The Morgan fingerprint density at radius 1 is 1.18 bits per heavy atom. The van der Waals surface area contributed by atoms with Gasteiger partial charge in [0.15, 0.2) is 0 Å². The van der Waals surface area contributed by atoms with E-state index < -0.39 is 22.9 Å². The van der Waals surface area contributed by atoms with Gasteiger partial charge in [-0.1, -0.05) is 37.6 Å². The molecule has 7 heteroatoms. The van der Waals surface area contributed by atoms with Gasteiger partial charge in [-0.15, -0.1) is 0 Å². The fourth-order valence-electron chi connectivity index (χ4n) is 5.16. The van der Waals surface area contributed by atoms with E-state index >= 15 is 0 Å². The van der Waals surface area contributed by atoms with Crippen LogP contribution in [0.3, 0.4) is 0 Å². The second-order valence-corrected chi connectivity index (χ2v) is 9.90. The summed E-state index contributed by atoms with van der Waals surface area (Å²) >= 11 is 6.32. The molecule has 3 aliphatic heterocycles. The van der Waals surface area contributed by atoms with Crippen LogP contribution in [0.5, 0.6) is 0 Å². The normalized spacial score (nSPS) is 31.8. The van der Waals surface area contributed by atoms with Gasteiger partial charge in [-0.05, 0) is 39.2 Å². The smallest absolute Gasteiger partial charge is 0.250 e. The molecule has 2 fully saturated rings. The van der Waals surface area contributed by atoms with Gasteiger partial charge in [0.2, 0.25) is 17.7 Å². The SMILES string of the molecule is CC(C)C[C@H]1N[C@]2(C(=O)Nc3c(Cl)cccc32)[C@@H]2C(=O)N(C(C)(C)C)C(=O)[C@@H]21. The lowest BCUT2D eigenvalue weighted by Crippen LogP contribution is -2.55. The van der Waals surface area contributed by atoms with Crippen molar-refractivity contribution in [3.63, 3.8) is 0 Å². The van der Waals surface area contributed by atoms with E-state index in [1.165, 1.54) is 4.90 Å². The highest BCUT2D eigenvalue weighted by Gasteiger charge is 2.71. The van der Waals surface area contributed by atoms with Crippen LogP contribution in [0.4, 0.5) is 5.69 Å². The maximum absolute atomic E-state index is 13.5. The first-order chi connectivity index (χ1) is 13.0. The number of hydrogen-bond acceptors (Lipinski definition) is 4. The Bertz CT molecular complexity index is 891. The molecule has 3 aliphatic rings. The lowest BCUT2D eigenvalue weighted by molar-refractivity contribution is -0.147. The van der Waals surface area contributed by atoms with Gasteiger partial charge in [-0.25, -0.2) is 0 Å². The highest BCUT2D eigenvalue weighted by atomic mass is 35.5. The average molecular weight is 404 g/mol. The van der Waals surface area contributed by atoms with Crippen molar-refractivity contribution < 1.29 is 14.4 Å². The predicted molar refractivity (Wildman–Crippen MR) is 107 cm³/mol. The highest BCUT2D eigenvalue weighted by molar-refractivity contribution is 6.35. The van der Waals surface area contributed by atoms with Crippen LogP contribution in [-0.2, 0) is 19.9 Å². The van der Waals surface area contributed by atoms with Crippen LogP contribution >= 0.6 is 11.6 Å². The fourth-order valence-corrected chi connectivity index (χ4v) is 5.39. The van der Waals surface area contributed by atoms with Gasteiger partial charge >= 0.3 is 0 Å². The number of imide groups is 1. The lowest BCUT2D eigenvalue weighted by Gasteiger charge is -2.34. The van der Waals surface area contributed by atoms with Crippen molar-refractivity contribution >= 4 is 35.0 Å². The number of rotatable bonds is 2. The van der Waals surface area contributed by atoms with Crippen molar-refractivity contribution in [3.05, 3.63) is 28.8 Å². The minimum absolute atomic E-state index is 0.194. The molecular formula is C21H26ClN3O3. The van der Waals surface area contributed by atoms with E-state index in [2.05, 4.69) is 24.5 Å². The third-order valence-electron chi connectivity index (χ3n) is 6.10. The molecule has 1 spiro atoms. The molecule has 2 saturated heterocycles.